The molecule has 10 rings (SSSR count). The summed E-state index contributed by atoms with van der Waals surface area (Å²) in [7, 11) is 0. The molecule has 0 saturated heterocycles. The van der Waals surface area contributed by atoms with E-state index in [4.69, 9.17) is 0 Å². The van der Waals surface area contributed by atoms with Crippen LogP contribution in [0.25, 0.3) is 60.5 Å². The van der Waals surface area contributed by atoms with Gasteiger partial charge in [-0.15, -0.1) is 0 Å². The van der Waals surface area contributed by atoms with E-state index in [1.807, 2.05) is 0 Å². The van der Waals surface area contributed by atoms with Gasteiger partial charge in [0.05, 0.1) is 11.0 Å². The molecule has 0 amide bonds. The first kappa shape index (κ1) is 31.4. The maximum atomic E-state index is 2.39. The quantitative estimate of drug-likeness (QED) is 0.163. The largest absolute Gasteiger partial charge is 0.311 e. The van der Waals surface area contributed by atoms with Gasteiger partial charge in [0.2, 0.25) is 0 Å². The van der Waals surface area contributed by atoms with Crippen molar-refractivity contribution >= 4 is 49.6 Å². The second-order valence-electron chi connectivity index (χ2n) is 14.4. The molecule has 0 radical (unpaired) electrons. The van der Waals surface area contributed by atoms with Crippen molar-refractivity contribution in [2.75, 3.05) is 4.90 Å². The Bertz CT molecular complexity index is 2640. The van der Waals surface area contributed by atoms with Gasteiger partial charge in [-0.05, 0) is 118 Å². The molecule has 0 spiro atoms. The lowest BCUT2D eigenvalue weighted by Gasteiger charge is -2.26. The number of hydrogen-bond donors (Lipinski definition) is 0. The number of aromatic nitrogens is 1. The van der Waals surface area contributed by atoms with Crippen LogP contribution in [0.15, 0.2) is 188 Å². The van der Waals surface area contributed by atoms with Crippen LogP contribution in [0.3, 0.4) is 0 Å². The van der Waals surface area contributed by atoms with Crippen LogP contribution < -0.4 is 4.90 Å². The van der Waals surface area contributed by atoms with Gasteiger partial charge in [-0.1, -0.05) is 140 Å². The SMILES string of the molecule is c1ccc2c(-c3ccc(N(c4ccc(-c5ccc(-n6c7ccccc7c7ccccc76)cc5)cc4)c4ccc(C5CCCC5)cc4)cc3)cccc2c1. The number of benzene rings is 8. The highest BCUT2D eigenvalue weighted by Gasteiger charge is 2.19. The standard InChI is InChI=1S/C51H40N2/c1-2-11-36(10-1)37-20-28-42(29-21-37)52(44-34-26-41(27-35-44)47-17-9-13-40-12-3-4-14-46(40)47)43-30-22-38(23-31-43)39-24-32-45(33-25-39)53-50-18-7-5-15-48(50)49-16-6-8-19-51(49)53/h3-9,12-36H,1-2,10-11H2. The summed E-state index contributed by atoms with van der Waals surface area (Å²) in [5.41, 5.74) is 13.4. The zero-order valence-electron chi connectivity index (χ0n) is 29.7. The van der Waals surface area contributed by atoms with Crippen LogP contribution in [-0.2, 0) is 0 Å². The van der Waals surface area contributed by atoms with Crippen molar-refractivity contribution in [3.63, 3.8) is 0 Å². The van der Waals surface area contributed by atoms with Crippen molar-refractivity contribution in [3.05, 3.63) is 194 Å². The van der Waals surface area contributed by atoms with E-state index in [-0.39, 0.29) is 0 Å². The molecule has 1 aliphatic carbocycles. The van der Waals surface area contributed by atoms with E-state index in [1.54, 1.807) is 0 Å². The predicted octanol–water partition coefficient (Wildman–Crippen LogP) is 14.4. The van der Waals surface area contributed by atoms with E-state index >= 15 is 0 Å². The van der Waals surface area contributed by atoms with Crippen molar-refractivity contribution in [3.8, 4) is 27.9 Å². The zero-order chi connectivity index (χ0) is 35.1. The molecule has 1 fully saturated rings. The van der Waals surface area contributed by atoms with Gasteiger partial charge in [-0.25, -0.2) is 0 Å². The minimum absolute atomic E-state index is 0.693. The molecule has 0 aliphatic heterocycles. The van der Waals surface area contributed by atoms with Crippen LogP contribution in [0, 0.1) is 0 Å². The van der Waals surface area contributed by atoms with Gasteiger partial charge in [-0.2, -0.15) is 0 Å². The molecule has 1 heterocycles. The van der Waals surface area contributed by atoms with Crippen LogP contribution >= 0.6 is 0 Å². The van der Waals surface area contributed by atoms with Gasteiger partial charge in [0.15, 0.2) is 0 Å². The molecule has 8 aromatic carbocycles. The highest BCUT2D eigenvalue weighted by molar-refractivity contribution is 6.09. The maximum absolute atomic E-state index is 2.39. The summed E-state index contributed by atoms with van der Waals surface area (Å²) in [6.45, 7) is 0. The highest BCUT2D eigenvalue weighted by Crippen LogP contribution is 2.40. The van der Waals surface area contributed by atoms with E-state index in [0.29, 0.717) is 5.92 Å². The molecule has 0 bridgehead atoms. The van der Waals surface area contributed by atoms with Crippen LogP contribution in [0.1, 0.15) is 37.2 Å². The van der Waals surface area contributed by atoms with Crippen LogP contribution in [-0.4, -0.2) is 4.57 Å². The van der Waals surface area contributed by atoms with E-state index in [1.165, 1.54) is 97.5 Å². The zero-order valence-corrected chi connectivity index (χ0v) is 29.7. The summed E-state index contributed by atoms with van der Waals surface area (Å²) < 4.78 is 2.37. The van der Waals surface area contributed by atoms with E-state index in [9.17, 15) is 0 Å². The Balaban J connectivity index is 0.989. The topological polar surface area (TPSA) is 8.17 Å². The van der Waals surface area contributed by atoms with Gasteiger partial charge in [-0.3, -0.25) is 0 Å². The molecule has 9 aromatic rings. The van der Waals surface area contributed by atoms with Crippen LogP contribution in [0.2, 0.25) is 0 Å². The third kappa shape index (κ3) is 5.68. The Labute approximate surface area is 311 Å². The van der Waals surface area contributed by atoms with E-state index < -0.39 is 0 Å². The second kappa shape index (κ2) is 13.3. The Morgan fingerprint density at radius 1 is 0.396 bits per heavy atom. The minimum Gasteiger partial charge on any atom is -0.311 e. The Morgan fingerprint density at radius 2 is 0.868 bits per heavy atom. The molecule has 53 heavy (non-hydrogen) atoms. The first-order valence-corrected chi connectivity index (χ1v) is 19.0. The summed E-state index contributed by atoms with van der Waals surface area (Å²) in [4.78, 5) is 2.39. The molecule has 0 unspecified atom stereocenters. The number of anilines is 3. The lowest BCUT2D eigenvalue weighted by molar-refractivity contribution is 0.723. The molecular weight excluding hydrogens is 641 g/mol. The van der Waals surface area contributed by atoms with Crippen molar-refractivity contribution < 1.29 is 0 Å². The number of fused-ring (bicyclic) bond motifs is 4. The minimum atomic E-state index is 0.693. The van der Waals surface area contributed by atoms with Gasteiger partial charge in [0.1, 0.15) is 0 Å². The fourth-order valence-corrected chi connectivity index (χ4v) is 8.68. The predicted molar refractivity (Wildman–Crippen MR) is 225 cm³/mol. The molecule has 2 heteroatoms. The monoisotopic (exact) mass is 680 g/mol. The normalized spacial score (nSPS) is 13.3. The van der Waals surface area contributed by atoms with Crippen molar-refractivity contribution in [1.82, 2.24) is 4.57 Å². The average Bonchev–Trinajstić information content (AvgIpc) is 3.89. The van der Waals surface area contributed by atoms with Crippen LogP contribution in [0.5, 0.6) is 0 Å². The molecular formula is C51H40N2. The summed E-state index contributed by atoms with van der Waals surface area (Å²) in [5, 5.41) is 5.10. The number of hydrogen-bond acceptors (Lipinski definition) is 1. The molecule has 0 N–H and O–H groups in total. The summed E-state index contributed by atoms with van der Waals surface area (Å²) in [6.07, 6.45) is 5.30. The first-order valence-electron chi connectivity index (χ1n) is 19.0. The third-order valence-corrected chi connectivity index (χ3v) is 11.4. The fraction of sp³-hybridized carbons (Fsp3) is 0.0980. The van der Waals surface area contributed by atoms with Gasteiger partial charge in [0, 0.05) is 33.5 Å². The third-order valence-electron chi connectivity index (χ3n) is 11.4. The summed E-state index contributed by atoms with van der Waals surface area (Å²) in [6, 6.07) is 69.0. The Kier molecular flexibility index (Phi) is 7.87. The molecule has 2 nitrogen and oxygen atoms in total. The Morgan fingerprint density at radius 3 is 1.47 bits per heavy atom. The molecule has 1 saturated carbocycles. The first-order chi connectivity index (χ1) is 26.3. The number of para-hydroxylation sites is 2. The van der Waals surface area contributed by atoms with Crippen molar-refractivity contribution in [2.24, 2.45) is 0 Å². The Hall–Kier alpha value is -6.38. The molecule has 1 aliphatic rings. The highest BCUT2D eigenvalue weighted by atomic mass is 15.1. The van der Waals surface area contributed by atoms with E-state index in [2.05, 4.69) is 198 Å². The van der Waals surface area contributed by atoms with Crippen molar-refractivity contribution in [1.29, 1.82) is 0 Å². The summed E-state index contributed by atoms with van der Waals surface area (Å²) >= 11 is 0. The van der Waals surface area contributed by atoms with Gasteiger partial charge >= 0.3 is 0 Å². The second-order valence-corrected chi connectivity index (χ2v) is 14.4. The molecule has 1 aromatic heterocycles. The maximum Gasteiger partial charge on any atom is 0.0541 e. The van der Waals surface area contributed by atoms with Crippen LogP contribution in [0.4, 0.5) is 17.1 Å². The number of nitrogens with zero attached hydrogens (tertiary/aromatic N) is 2. The van der Waals surface area contributed by atoms with E-state index in [0.717, 1.165) is 11.4 Å². The average molecular weight is 681 g/mol. The lowest BCUT2D eigenvalue weighted by atomic mass is 9.97. The van der Waals surface area contributed by atoms with Gasteiger partial charge < -0.3 is 9.47 Å². The molecule has 254 valence electrons. The molecule has 0 atom stereocenters. The smallest absolute Gasteiger partial charge is 0.0541 e. The summed E-state index contributed by atoms with van der Waals surface area (Å²) in [5.74, 6) is 0.693. The fourth-order valence-electron chi connectivity index (χ4n) is 8.68. The number of rotatable bonds is 7. The van der Waals surface area contributed by atoms with Crippen molar-refractivity contribution in [2.45, 2.75) is 31.6 Å². The van der Waals surface area contributed by atoms with Gasteiger partial charge in [0.25, 0.3) is 0 Å². The lowest BCUT2D eigenvalue weighted by Crippen LogP contribution is -2.10.